The van der Waals surface area contributed by atoms with Gasteiger partial charge in [-0.3, -0.25) is 6.58 Å². The van der Waals surface area contributed by atoms with Crippen LogP contribution in [0.2, 0.25) is 0 Å². The normalized spacial score (nSPS) is 6.64. The van der Waals surface area contributed by atoms with Crippen molar-refractivity contribution >= 4 is 28.6 Å². The fourth-order valence-electron chi connectivity index (χ4n) is 0.856. The van der Waals surface area contributed by atoms with Crippen LogP contribution >= 0.6 is 0 Å². The first-order valence-electron chi connectivity index (χ1n) is 3.51. The molecule has 1 aromatic carbocycles. The van der Waals surface area contributed by atoms with Crippen molar-refractivity contribution in [1.82, 2.24) is 0 Å². The van der Waals surface area contributed by atoms with Gasteiger partial charge in [0.1, 0.15) is 0 Å². The topological polar surface area (TPSA) is 0 Å². The second kappa shape index (κ2) is 14.2. The minimum atomic E-state index is 0. The summed E-state index contributed by atoms with van der Waals surface area (Å²) in [5, 5.41) is 0. The van der Waals surface area contributed by atoms with Crippen LogP contribution in [0.25, 0.3) is 5.57 Å². The summed E-state index contributed by atoms with van der Waals surface area (Å²) in [6.07, 6.45) is 0.921. The number of hydrogen-bond acceptors (Lipinski definition) is 0. The Labute approximate surface area is 134 Å². The van der Waals surface area contributed by atoms with Crippen LogP contribution in [0.3, 0.4) is 0 Å². The third-order valence-corrected chi connectivity index (χ3v) is 1.53. The molecule has 0 radical (unpaired) electrons. The number of hydrogen-bond donors (Lipinski definition) is 0. The van der Waals surface area contributed by atoms with Crippen molar-refractivity contribution in [2.45, 2.75) is 13.3 Å². The van der Waals surface area contributed by atoms with Crippen molar-refractivity contribution in [3.05, 3.63) is 42.5 Å². The Balaban J connectivity index is -0.000000125. The Hall–Kier alpha value is 1.21. The van der Waals surface area contributed by atoms with Crippen LogP contribution in [0.5, 0.6) is 0 Å². The number of rotatable bonds is 2. The minimum Gasteiger partial charge on any atom is -1.00 e. The van der Waals surface area contributed by atoms with Gasteiger partial charge in [-0.15, -0.1) is 12.1 Å². The standard InChI is InChI=1S/C10H11.2BrH.Cu.Mg/c1-3-9(2)10-7-5-4-6-8-10;;;;/h2,4-8H,3H2,1H3;2*1H;;/q-1;;;+1;+2/p-2. The molecule has 0 aromatic heterocycles. The maximum atomic E-state index is 5.71. The van der Waals surface area contributed by atoms with E-state index in [1.54, 1.807) is 0 Å². The third kappa shape index (κ3) is 8.51. The van der Waals surface area contributed by atoms with E-state index in [-0.39, 0.29) is 74.1 Å². The van der Waals surface area contributed by atoms with Gasteiger partial charge < -0.3 is 34.0 Å². The Bertz CT molecular complexity index is 227. The molecule has 0 spiro atoms. The Kier molecular flexibility index (Phi) is 24.8. The average molecular weight is 379 g/mol. The van der Waals surface area contributed by atoms with Gasteiger partial charge in [0.25, 0.3) is 0 Å². The Morgan fingerprint density at radius 3 is 1.93 bits per heavy atom. The first-order chi connectivity index (χ1) is 4.84. The fraction of sp³-hybridized carbons (Fsp3) is 0.200. The maximum absolute atomic E-state index is 5.71. The summed E-state index contributed by atoms with van der Waals surface area (Å²) in [5.41, 5.74) is 2.10. The van der Waals surface area contributed by atoms with Gasteiger partial charge >= 0.3 is 40.1 Å². The molecule has 0 atom stereocenters. The predicted octanol–water partition coefficient (Wildman–Crippen LogP) is -3.46. The van der Waals surface area contributed by atoms with Crippen molar-refractivity contribution in [3.8, 4) is 0 Å². The van der Waals surface area contributed by atoms with E-state index in [0.29, 0.717) is 0 Å². The molecule has 0 unspecified atom stereocenters. The van der Waals surface area contributed by atoms with E-state index in [0.717, 1.165) is 17.6 Å². The Morgan fingerprint density at radius 2 is 1.57 bits per heavy atom. The summed E-state index contributed by atoms with van der Waals surface area (Å²) in [7, 11) is 0. The summed E-state index contributed by atoms with van der Waals surface area (Å²) in [6, 6.07) is 10.0. The minimum absolute atomic E-state index is 0. The van der Waals surface area contributed by atoms with Crippen molar-refractivity contribution in [2.75, 3.05) is 0 Å². The molecule has 0 bridgehead atoms. The van der Waals surface area contributed by atoms with Crippen molar-refractivity contribution in [2.24, 2.45) is 0 Å². The van der Waals surface area contributed by atoms with Gasteiger partial charge in [-0.25, -0.2) is 5.57 Å². The zero-order chi connectivity index (χ0) is 7.40. The summed E-state index contributed by atoms with van der Waals surface area (Å²) in [4.78, 5) is 0. The predicted molar refractivity (Wildman–Crippen MR) is 50.2 cm³/mol. The van der Waals surface area contributed by atoms with Gasteiger partial charge in [-0.2, -0.15) is 5.56 Å². The van der Waals surface area contributed by atoms with E-state index in [9.17, 15) is 0 Å². The van der Waals surface area contributed by atoms with Crippen LogP contribution in [-0.4, -0.2) is 23.1 Å². The zero-order valence-corrected chi connectivity index (χ0v) is 13.5. The van der Waals surface area contributed by atoms with E-state index >= 15 is 0 Å². The molecule has 14 heavy (non-hydrogen) atoms. The largest absolute Gasteiger partial charge is 2.00 e. The molecule has 78 valence electrons. The van der Waals surface area contributed by atoms with Crippen LogP contribution in [0.1, 0.15) is 18.9 Å². The average Bonchev–Trinajstić information content (AvgIpc) is 2.05. The molecule has 1 rings (SSSR count). The van der Waals surface area contributed by atoms with Gasteiger partial charge in [-0.1, -0.05) is 31.5 Å². The molecule has 0 amide bonds. The summed E-state index contributed by atoms with van der Waals surface area (Å²) < 4.78 is 0. The molecule has 0 saturated carbocycles. The molecule has 0 nitrogen and oxygen atoms in total. The fourth-order valence-corrected chi connectivity index (χ4v) is 0.856. The van der Waals surface area contributed by atoms with Crippen LogP contribution in [0.15, 0.2) is 30.3 Å². The molecular weight excluding hydrogens is 368 g/mol. The first-order valence-corrected chi connectivity index (χ1v) is 3.51. The zero-order valence-electron chi connectivity index (χ0n) is 7.94. The van der Waals surface area contributed by atoms with E-state index < -0.39 is 0 Å². The van der Waals surface area contributed by atoms with Crippen molar-refractivity contribution in [3.63, 3.8) is 0 Å². The molecule has 0 N–H and O–H groups in total. The molecule has 0 aliphatic heterocycles. The van der Waals surface area contributed by atoms with Gasteiger partial charge in [0, 0.05) is 0 Å². The van der Waals surface area contributed by atoms with Gasteiger partial charge in [0.15, 0.2) is 0 Å². The van der Waals surface area contributed by atoms with Gasteiger partial charge in [0.05, 0.1) is 0 Å². The van der Waals surface area contributed by atoms with Crippen LogP contribution in [0.4, 0.5) is 0 Å². The van der Waals surface area contributed by atoms with E-state index in [2.05, 4.69) is 6.92 Å². The van der Waals surface area contributed by atoms with E-state index in [1.165, 1.54) is 0 Å². The van der Waals surface area contributed by atoms with Crippen LogP contribution in [-0.2, 0) is 17.1 Å². The quantitative estimate of drug-likeness (QED) is 0.371. The number of allylic oxidation sites excluding steroid dienone is 1. The van der Waals surface area contributed by atoms with Crippen molar-refractivity contribution < 1.29 is 51.0 Å². The SMILES string of the molecule is [Br-].[Br-].[CH-]=C(CC)c1ccccc1.[Cu+].[Mg+2]. The first kappa shape index (κ1) is 24.4. The molecule has 1 aromatic rings. The Morgan fingerprint density at radius 1 is 1.14 bits per heavy atom. The summed E-state index contributed by atoms with van der Waals surface area (Å²) in [6.45, 7) is 7.77. The van der Waals surface area contributed by atoms with Crippen molar-refractivity contribution in [1.29, 1.82) is 0 Å². The second-order valence-electron chi connectivity index (χ2n) is 2.24. The molecule has 0 heterocycles. The number of benzene rings is 1. The molecular formula is C10H11Br2CuMg. The van der Waals surface area contributed by atoms with E-state index in [1.807, 2.05) is 30.3 Å². The van der Waals surface area contributed by atoms with Gasteiger partial charge in [0.2, 0.25) is 0 Å². The molecule has 0 aliphatic rings. The second-order valence-corrected chi connectivity index (χ2v) is 2.24. The monoisotopic (exact) mass is 376 g/mol. The van der Waals surface area contributed by atoms with Crippen LogP contribution < -0.4 is 34.0 Å². The third-order valence-electron chi connectivity index (χ3n) is 1.53. The summed E-state index contributed by atoms with van der Waals surface area (Å²) in [5.74, 6) is 0. The molecule has 4 heteroatoms. The maximum Gasteiger partial charge on any atom is 2.00 e. The van der Waals surface area contributed by atoms with E-state index in [4.69, 9.17) is 6.58 Å². The summed E-state index contributed by atoms with van der Waals surface area (Å²) >= 11 is 0. The molecule has 0 fully saturated rings. The van der Waals surface area contributed by atoms with Crippen LogP contribution in [0, 0.1) is 6.58 Å². The van der Waals surface area contributed by atoms with Gasteiger partial charge in [-0.05, 0) is 0 Å². The molecule has 0 aliphatic carbocycles. The smallest absolute Gasteiger partial charge is 1.00 e. The number of halogens is 2. The molecule has 0 saturated heterocycles.